The largest absolute Gasteiger partial charge is 0.416 e. The number of alkyl halides is 3. The molecule has 4 aromatic rings. The summed E-state index contributed by atoms with van der Waals surface area (Å²) in [5.74, 6) is 0. The van der Waals surface area contributed by atoms with Crippen molar-refractivity contribution in [3.8, 4) is 0 Å². The Morgan fingerprint density at radius 2 is 1.57 bits per heavy atom. The third-order valence-electron chi connectivity index (χ3n) is 6.73. The van der Waals surface area contributed by atoms with Gasteiger partial charge in [-0.25, -0.2) is 0 Å². The molecule has 35 heavy (non-hydrogen) atoms. The van der Waals surface area contributed by atoms with E-state index in [9.17, 15) is 13.2 Å². The van der Waals surface area contributed by atoms with E-state index in [1.165, 1.54) is 23.5 Å². The Bertz CT molecular complexity index is 1280. The van der Waals surface area contributed by atoms with Crippen LogP contribution in [0.2, 0.25) is 0 Å². The number of benzene rings is 3. The van der Waals surface area contributed by atoms with Gasteiger partial charge in [0, 0.05) is 60.9 Å². The van der Waals surface area contributed by atoms with Gasteiger partial charge in [-0.05, 0) is 55.0 Å². The molecule has 1 N–H and O–H groups in total. The van der Waals surface area contributed by atoms with Crippen molar-refractivity contribution in [2.75, 3.05) is 36.4 Å². The highest BCUT2D eigenvalue weighted by molar-refractivity contribution is 5.93. The monoisotopic (exact) mass is 476 g/mol. The van der Waals surface area contributed by atoms with E-state index in [0.29, 0.717) is 16.9 Å². The third kappa shape index (κ3) is 5.10. The number of para-hydroxylation sites is 1. The fraction of sp³-hybridized carbons (Fsp3) is 0.250. The van der Waals surface area contributed by atoms with Crippen LogP contribution < -0.4 is 10.2 Å². The molecular formula is C28H27F3N4. The highest BCUT2D eigenvalue weighted by Gasteiger charge is 2.30. The number of piperazine rings is 1. The molecule has 5 rings (SSSR count). The molecule has 3 aromatic carbocycles. The molecule has 180 valence electrons. The van der Waals surface area contributed by atoms with Crippen molar-refractivity contribution in [3.63, 3.8) is 0 Å². The van der Waals surface area contributed by atoms with E-state index in [1.807, 2.05) is 18.2 Å². The van der Waals surface area contributed by atoms with Gasteiger partial charge in [0.1, 0.15) is 0 Å². The molecule has 0 amide bonds. The molecule has 1 fully saturated rings. The van der Waals surface area contributed by atoms with E-state index in [4.69, 9.17) is 0 Å². The molecule has 1 saturated heterocycles. The molecule has 0 aliphatic carbocycles. The average Bonchev–Trinajstić information content (AvgIpc) is 2.89. The maximum Gasteiger partial charge on any atom is 0.416 e. The number of nitrogens with zero attached hydrogens (tertiary/aromatic N) is 3. The SMILES string of the molecule is CC(c1ccc(Nc2ccnc3cc(C(F)(F)F)ccc23)cc1)N1CCN(c2ccccc2)CC1. The van der Waals surface area contributed by atoms with Gasteiger partial charge in [0.15, 0.2) is 0 Å². The third-order valence-corrected chi connectivity index (χ3v) is 6.73. The van der Waals surface area contributed by atoms with Crippen LogP contribution in [0.25, 0.3) is 10.9 Å². The van der Waals surface area contributed by atoms with E-state index in [0.717, 1.165) is 49.7 Å². The number of aromatic nitrogens is 1. The number of hydrogen-bond donors (Lipinski definition) is 1. The van der Waals surface area contributed by atoms with Gasteiger partial charge in [0.25, 0.3) is 0 Å². The summed E-state index contributed by atoms with van der Waals surface area (Å²) < 4.78 is 39.1. The lowest BCUT2D eigenvalue weighted by Crippen LogP contribution is -2.47. The quantitative estimate of drug-likeness (QED) is 0.340. The highest BCUT2D eigenvalue weighted by atomic mass is 19.4. The Labute approximate surface area is 203 Å². The van der Waals surface area contributed by atoms with Crippen LogP contribution in [0.3, 0.4) is 0 Å². The molecule has 1 aromatic heterocycles. The topological polar surface area (TPSA) is 31.4 Å². The minimum atomic E-state index is -4.39. The summed E-state index contributed by atoms with van der Waals surface area (Å²) >= 11 is 0. The van der Waals surface area contributed by atoms with Crippen LogP contribution in [0.1, 0.15) is 24.1 Å². The maximum atomic E-state index is 13.0. The molecule has 1 aliphatic heterocycles. The van der Waals surface area contributed by atoms with Crippen LogP contribution in [0.5, 0.6) is 0 Å². The van der Waals surface area contributed by atoms with Crippen molar-refractivity contribution >= 4 is 28.0 Å². The summed E-state index contributed by atoms with van der Waals surface area (Å²) in [6, 6.07) is 24.5. The second kappa shape index (κ2) is 9.58. The number of pyridine rings is 1. The fourth-order valence-electron chi connectivity index (χ4n) is 4.65. The highest BCUT2D eigenvalue weighted by Crippen LogP contribution is 2.33. The Kier molecular flexibility index (Phi) is 6.34. The first-order chi connectivity index (χ1) is 16.9. The van der Waals surface area contributed by atoms with Crippen LogP contribution in [-0.4, -0.2) is 36.1 Å². The number of anilines is 3. The summed E-state index contributed by atoms with van der Waals surface area (Å²) in [7, 11) is 0. The number of nitrogens with one attached hydrogen (secondary N) is 1. The van der Waals surface area contributed by atoms with Gasteiger partial charge < -0.3 is 10.2 Å². The van der Waals surface area contributed by atoms with E-state index in [-0.39, 0.29) is 0 Å². The van der Waals surface area contributed by atoms with Crippen molar-refractivity contribution in [1.82, 2.24) is 9.88 Å². The maximum absolute atomic E-state index is 13.0. The Balaban J connectivity index is 1.25. The molecule has 1 atom stereocenters. The van der Waals surface area contributed by atoms with Crippen LogP contribution in [0.15, 0.2) is 85.1 Å². The smallest absolute Gasteiger partial charge is 0.369 e. The molecule has 0 saturated carbocycles. The summed E-state index contributed by atoms with van der Waals surface area (Å²) in [6.07, 6.45) is -2.86. The molecule has 7 heteroatoms. The van der Waals surface area contributed by atoms with Gasteiger partial charge in [-0.1, -0.05) is 36.4 Å². The lowest BCUT2D eigenvalue weighted by atomic mass is 10.0. The predicted octanol–water partition coefficient (Wildman–Crippen LogP) is 6.88. The second-order valence-electron chi connectivity index (χ2n) is 8.87. The molecule has 1 unspecified atom stereocenters. The Morgan fingerprint density at radius 1 is 0.857 bits per heavy atom. The van der Waals surface area contributed by atoms with Gasteiger partial charge in [-0.3, -0.25) is 9.88 Å². The summed E-state index contributed by atoms with van der Waals surface area (Å²) in [5, 5.41) is 3.98. The minimum Gasteiger partial charge on any atom is -0.369 e. The number of hydrogen-bond acceptors (Lipinski definition) is 4. The lowest BCUT2D eigenvalue weighted by molar-refractivity contribution is -0.137. The molecular weight excluding hydrogens is 449 g/mol. The second-order valence-corrected chi connectivity index (χ2v) is 8.87. The first-order valence-corrected chi connectivity index (χ1v) is 11.8. The molecule has 0 spiro atoms. The molecule has 1 aliphatic rings. The average molecular weight is 477 g/mol. The van der Waals surface area contributed by atoms with Crippen LogP contribution in [-0.2, 0) is 6.18 Å². The summed E-state index contributed by atoms with van der Waals surface area (Å²) in [5.41, 5.74) is 3.72. The molecule has 0 radical (unpaired) electrons. The standard InChI is InChI=1S/C28H27F3N4/c1-20(34-15-17-35(18-16-34)24-5-3-2-4-6-24)21-7-10-23(11-8-21)33-26-13-14-32-27-19-22(28(29,30)31)9-12-25(26)27/h2-14,19-20H,15-18H2,1H3,(H,32,33). The van der Waals surface area contributed by atoms with E-state index >= 15 is 0 Å². The number of rotatable bonds is 5. The first-order valence-electron chi connectivity index (χ1n) is 11.8. The minimum absolute atomic E-state index is 0.296. The Morgan fingerprint density at radius 3 is 2.26 bits per heavy atom. The molecule has 0 bridgehead atoms. The van der Waals surface area contributed by atoms with Crippen LogP contribution in [0.4, 0.5) is 30.2 Å². The zero-order valence-electron chi connectivity index (χ0n) is 19.5. The normalized spacial score (nSPS) is 15.8. The van der Waals surface area contributed by atoms with E-state index in [1.54, 1.807) is 6.07 Å². The zero-order valence-corrected chi connectivity index (χ0v) is 19.5. The Hall–Kier alpha value is -3.58. The lowest BCUT2D eigenvalue weighted by Gasteiger charge is -2.39. The van der Waals surface area contributed by atoms with Gasteiger partial charge in [-0.15, -0.1) is 0 Å². The summed E-state index contributed by atoms with van der Waals surface area (Å²) in [4.78, 5) is 9.04. The van der Waals surface area contributed by atoms with Crippen molar-refractivity contribution < 1.29 is 13.2 Å². The van der Waals surface area contributed by atoms with E-state index in [2.05, 4.69) is 63.4 Å². The zero-order chi connectivity index (χ0) is 24.4. The summed E-state index contributed by atoms with van der Waals surface area (Å²) in [6.45, 7) is 6.23. The van der Waals surface area contributed by atoms with Crippen molar-refractivity contribution in [3.05, 3.63) is 96.2 Å². The number of fused-ring (bicyclic) bond motifs is 1. The predicted molar refractivity (Wildman–Crippen MR) is 135 cm³/mol. The fourth-order valence-corrected chi connectivity index (χ4v) is 4.65. The van der Waals surface area contributed by atoms with Gasteiger partial charge in [0.2, 0.25) is 0 Å². The molecule has 4 nitrogen and oxygen atoms in total. The first kappa shape index (κ1) is 23.2. The molecule has 2 heterocycles. The van der Waals surface area contributed by atoms with Crippen molar-refractivity contribution in [2.45, 2.75) is 19.1 Å². The van der Waals surface area contributed by atoms with Crippen LogP contribution in [0, 0.1) is 0 Å². The van der Waals surface area contributed by atoms with Gasteiger partial charge in [-0.2, -0.15) is 13.2 Å². The van der Waals surface area contributed by atoms with Crippen LogP contribution >= 0.6 is 0 Å². The number of halogens is 3. The van der Waals surface area contributed by atoms with Gasteiger partial charge >= 0.3 is 6.18 Å². The van der Waals surface area contributed by atoms with E-state index < -0.39 is 11.7 Å². The van der Waals surface area contributed by atoms with Crippen molar-refractivity contribution in [1.29, 1.82) is 0 Å². The van der Waals surface area contributed by atoms with Gasteiger partial charge in [0.05, 0.1) is 11.1 Å². The van der Waals surface area contributed by atoms with Crippen molar-refractivity contribution in [2.24, 2.45) is 0 Å².